The van der Waals surface area contributed by atoms with Gasteiger partial charge in [-0.05, 0) is 24.6 Å². The van der Waals surface area contributed by atoms with Crippen molar-refractivity contribution >= 4 is 22.9 Å². The van der Waals surface area contributed by atoms with Gasteiger partial charge in [-0.15, -0.1) is 11.3 Å². The lowest BCUT2D eigenvalue weighted by Crippen LogP contribution is -2.12. The van der Waals surface area contributed by atoms with Gasteiger partial charge in [0.1, 0.15) is 0 Å². The van der Waals surface area contributed by atoms with Crippen LogP contribution in [0.2, 0.25) is 5.02 Å². The molecule has 0 aliphatic heterocycles. The summed E-state index contributed by atoms with van der Waals surface area (Å²) < 4.78 is 0. The Morgan fingerprint density at radius 1 is 1.47 bits per heavy atom. The molecule has 0 radical (unpaired) electrons. The minimum Gasteiger partial charge on any atom is -0.319 e. The van der Waals surface area contributed by atoms with Crippen LogP contribution >= 0.6 is 22.9 Å². The van der Waals surface area contributed by atoms with E-state index in [-0.39, 0.29) is 6.04 Å². The van der Waals surface area contributed by atoms with E-state index in [1.165, 1.54) is 0 Å². The van der Waals surface area contributed by atoms with Crippen LogP contribution in [-0.4, -0.2) is 4.98 Å². The Bertz CT molecular complexity index is 467. The molecule has 0 amide bonds. The van der Waals surface area contributed by atoms with Crippen molar-refractivity contribution in [3.63, 3.8) is 0 Å². The molecule has 0 aliphatic carbocycles. The Labute approximate surface area is 97.7 Å². The quantitative estimate of drug-likeness (QED) is 0.873. The summed E-state index contributed by atoms with van der Waals surface area (Å²) >= 11 is 7.52. The molecule has 1 aromatic carbocycles. The number of benzene rings is 1. The molecule has 0 spiro atoms. The molecule has 1 atom stereocenters. The largest absolute Gasteiger partial charge is 0.319 e. The van der Waals surface area contributed by atoms with E-state index in [0.717, 1.165) is 16.3 Å². The molecule has 0 aliphatic rings. The fourth-order valence-electron chi connectivity index (χ4n) is 1.39. The lowest BCUT2D eigenvalue weighted by atomic mass is 10.1. The summed E-state index contributed by atoms with van der Waals surface area (Å²) in [5.74, 6) is 0. The number of aryl methyl sites for hydroxylation is 1. The standard InChI is InChI=1S/C11H11ClN2S/c1-7-14-10(6-15-7)11(13)8-3-2-4-9(12)5-8/h2-6,11H,13H2,1H3. The lowest BCUT2D eigenvalue weighted by molar-refractivity contribution is 0.835. The molecule has 2 nitrogen and oxygen atoms in total. The molecular formula is C11H11ClN2S. The van der Waals surface area contributed by atoms with Crippen molar-refractivity contribution in [2.75, 3.05) is 0 Å². The fraction of sp³-hybridized carbons (Fsp3) is 0.182. The highest BCUT2D eigenvalue weighted by atomic mass is 35.5. The third-order valence-corrected chi connectivity index (χ3v) is 3.19. The maximum absolute atomic E-state index is 6.08. The topological polar surface area (TPSA) is 38.9 Å². The van der Waals surface area contributed by atoms with Crippen LogP contribution < -0.4 is 5.73 Å². The zero-order chi connectivity index (χ0) is 10.8. The fourth-order valence-corrected chi connectivity index (χ4v) is 2.24. The molecule has 2 rings (SSSR count). The summed E-state index contributed by atoms with van der Waals surface area (Å²) in [4.78, 5) is 4.37. The SMILES string of the molecule is Cc1nc(C(N)c2cccc(Cl)c2)cs1. The number of nitrogens with two attached hydrogens (primary N) is 1. The highest BCUT2D eigenvalue weighted by Crippen LogP contribution is 2.23. The van der Waals surface area contributed by atoms with E-state index in [1.54, 1.807) is 11.3 Å². The zero-order valence-corrected chi connectivity index (χ0v) is 9.85. The van der Waals surface area contributed by atoms with Gasteiger partial charge in [0.05, 0.1) is 16.7 Å². The minimum atomic E-state index is -0.186. The second-order valence-electron chi connectivity index (χ2n) is 3.32. The molecule has 4 heteroatoms. The summed E-state index contributed by atoms with van der Waals surface area (Å²) in [6.07, 6.45) is 0. The normalized spacial score (nSPS) is 12.7. The third kappa shape index (κ3) is 2.37. The molecule has 0 saturated heterocycles. The number of hydrogen-bond donors (Lipinski definition) is 1. The molecule has 1 aromatic heterocycles. The van der Waals surface area contributed by atoms with Gasteiger partial charge in [-0.2, -0.15) is 0 Å². The van der Waals surface area contributed by atoms with Gasteiger partial charge in [-0.1, -0.05) is 23.7 Å². The van der Waals surface area contributed by atoms with Crippen molar-refractivity contribution in [1.29, 1.82) is 0 Å². The zero-order valence-electron chi connectivity index (χ0n) is 8.27. The van der Waals surface area contributed by atoms with Gasteiger partial charge in [0.2, 0.25) is 0 Å². The summed E-state index contributed by atoms with van der Waals surface area (Å²) in [6, 6.07) is 7.39. The van der Waals surface area contributed by atoms with Crippen LogP contribution in [0.3, 0.4) is 0 Å². The summed E-state index contributed by atoms with van der Waals surface area (Å²) in [5, 5.41) is 3.72. The van der Waals surface area contributed by atoms with Gasteiger partial charge in [-0.3, -0.25) is 0 Å². The molecule has 15 heavy (non-hydrogen) atoms. The Morgan fingerprint density at radius 3 is 2.87 bits per heavy atom. The summed E-state index contributed by atoms with van der Waals surface area (Å²) in [6.45, 7) is 1.97. The first-order valence-electron chi connectivity index (χ1n) is 4.60. The highest BCUT2D eigenvalue weighted by Gasteiger charge is 2.11. The lowest BCUT2D eigenvalue weighted by Gasteiger charge is -2.09. The van der Waals surface area contributed by atoms with E-state index in [2.05, 4.69) is 4.98 Å². The maximum Gasteiger partial charge on any atom is 0.0898 e. The predicted octanol–water partition coefficient (Wildman–Crippen LogP) is 3.15. The average Bonchev–Trinajstić information content (AvgIpc) is 2.64. The van der Waals surface area contributed by atoms with E-state index in [4.69, 9.17) is 17.3 Å². The molecule has 1 unspecified atom stereocenters. The molecule has 78 valence electrons. The third-order valence-electron chi connectivity index (χ3n) is 2.16. The van der Waals surface area contributed by atoms with Crippen LogP contribution in [0.15, 0.2) is 29.6 Å². The average molecular weight is 239 g/mol. The Balaban J connectivity index is 2.32. The number of aromatic nitrogens is 1. The molecule has 0 bridgehead atoms. The van der Waals surface area contributed by atoms with E-state index in [9.17, 15) is 0 Å². The van der Waals surface area contributed by atoms with E-state index in [1.807, 2.05) is 36.6 Å². The first-order valence-corrected chi connectivity index (χ1v) is 5.85. The van der Waals surface area contributed by atoms with Crippen LogP contribution in [0.4, 0.5) is 0 Å². The van der Waals surface area contributed by atoms with Crippen LogP contribution in [-0.2, 0) is 0 Å². The van der Waals surface area contributed by atoms with Gasteiger partial charge in [0.25, 0.3) is 0 Å². The molecule has 0 saturated carbocycles. The van der Waals surface area contributed by atoms with Crippen molar-refractivity contribution < 1.29 is 0 Å². The Morgan fingerprint density at radius 2 is 2.27 bits per heavy atom. The van der Waals surface area contributed by atoms with Gasteiger partial charge < -0.3 is 5.73 Å². The van der Waals surface area contributed by atoms with Crippen LogP contribution in [0.1, 0.15) is 22.3 Å². The Hall–Kier alpha value is -0.900. The highest BCUT2D eigenvalue weighted by molar-refractivity contribution is 7.09. The number of nitrogens with zero attached hydrogens (tertiary/aromatic N) is 1. The number of hydrogen-bond acceptors (Lipinski definition) is 3. The van der Waals surface area contributed by atoms with Crippen molar-refractivity contribution in [2.24, 2.45) is 5.73 Å². The predicted molar refractivity (Wildman–Crippen MR) is 64.3 cm³/mol. The van der Waals surface area contributed by atoms with Crippen LogP contribution in [0.25, 0.3) is 0 Å². The van der Waals surface area contributed by atoms with Crippen molar-refractivity contribution in [3.05, 3.63) is 50.9 Å². The molecule has 2 aromatic rings. The van der Waals surface area contributed by atoms with Crippen molar-refractivity contribution in [3.8, 4) is 0 Å². The summed E-state index contributed by atoms with van der Waals surface area (Å²) in [7, 11) is 0. The second kappa shape index (κ2) is 4.31. The smallest absolute Gasteiger partial charge is 0.0898 e. The van der Waals surface area contributed by atoms with Gasteiger partial charge in [0, 0.05) is 10.4 Å². The van der Waals surface area contributed by atoms with Gasteiger partial charge in [-0.25, -0.2) is 4.98 Å². The van der Waals surface area contributed by atoms with E-state index in [0.29, 0.717) is 5.02 Å². The molecule has 2 N–H and O–H groups in total. The first kappa shape index (κ1) is 10.6. The number of thiazole rings is 1. The number of rotatable bonds is 2. The second-order valence-corrected chi connectivity index (χ2v) is 4.82. The van der Waals surface area contributed by atoms with Crippen LogP contribution in [0, 0.1) is 6.92 Å². The Kier molecular flexibility index (Phi) is 3.05. The monoisotopic (exact) mass is 238 g/mol. The maximum atomic E-state index is 6.08. The van der Waals surface area contributed by atoms with Gasteiger partial charge >= 0.3 is 0 Å². The number of halogens is 1. The van der Waals surface area contributed by atoms with Crippen molar-refractivity contribution in [2.45, 2.75) is 13.0 Å². The molecule has 1 heterocycles. The van der Waals surface area contributed by atoms with Crippen LogP contribution in [0.5, 0.6) is 0 Å². The molecule has 0 fully saturated rings. The molecular weight excluding hydrogens is 228 g/mol. The van der Waals surface area contributed by atoms with E-state index >= 15 is 0 Å². The van der Waals surface area contributed by atoms with E-state index < -0.39 is 0 Å². The summed E-state index contributed by atoms with van der Waals surface area (Å²) in [5.41, 5.74) is 7.98. The first-order chi connectivity index (χ1) is 7.16. The van der Waals surface area contributed by atoms with Crippen molar-refractivity contribution in [1.82, 2.24) is 4.98 Å². The van der Waals surface area contributed by atoms with Gasteiger partial charge in [0.15, 0.2) is 0 Å². The minimum absolute atomic E-state index is 0.186.